The highest BCUT2D eigenvalue weighted by Gasteiger charge is 2.49. The summed E-state index contributed by atoms with van der Waals surface area (Å²) >= 11 is 1.57. The van der Waals surface area contributed by atoms with Crippen LogP contribution < -0.4 is 0 Å². The van der Waals surface area contributed by atoms with Gasteiger partial charge in [-0.15, -0.1) is 0 Å². The van der Waals surface area contributed by atoms with Gasteiger partial charge in [0.1, 0.15) is 36.5 Å². The molecule has 224 valence electrons. The molecule has 0 aliphatic carbocycles. The number of hydrogen-bond donors (Lipinski definition) is 0. The van der Waals surface area contributed by atoms with Crippen molar-refractivity contribution in [3.05, 3.63) is 138 Å². The van der Waals surface area contributed by atoms with Crippen LogP contribution in [0.1, 0.15) is 29.2 Å². The first-order valence-electron chi connectivity index (χ1n) is 14.5. The monoisotopic (exact) mass is 598 g/mol. The van der Waals surface area contributed by atoms with Gasteiger partial charge in [-0.1, -0.05) is 120 Å². The number of hydrogen-bond acceptors (Lipinski definition) is 7. The van der Waals surface area contributed by atoms with Gasteiger partial charge in [0, 0.05) is 11.8 Å². The van der Waals surface area contributed by atoms with E-state index in [0.717, 1.165) is 21.6 Å². The molecule has 43 heavy (non-hydrogen) atoms. The third-order valence-corrected chi connectivity index (χ3v) is 8.33. The van der Waals surface area contributed by atoms with E-state index in [-0.39, 0.29) is 12.6 Å². The topological polar surface area (TPSA) is 63.2 Å². The molecule has 4 aromatic rings. The number of benzene rings is 4. The van der Waals surface area contributed by atoms with Crippen molar-refractivity contribution in [1.82, 2.24) is 0 Å². The van der Waals surface area contributed by atoms with E-state index >= 15 is 0 Å². The Hall–Kier alpha value is -3.46. The predicted molar refractivity (Wildman–Crippen MR) is 167 cm³/mol. The Morgan fingerprint density at radius 3 is 1.60 bits per heavy atom. The number of carbonyl (C=O) groups excluding carboxylic acids is 1. The summed E-state index contributed by atoms with van der Waals surface area (Å²) in [5.74, 6) is -0.377. The maximum absolute atomic E-state index is 11.9. The Labute approximate surface area is 258 Å². The average Bonchev–Trinajstić information content (AvgIpc) is 3.04. The summed E-state index contributed by atoms with van der Waals surface area (Å²) in [6.45, 7) is 4.59. The third-order valence-electron chi connectivity index (χ3n) is 7.17. The van der Waals surface area contributed by atoms with E-state index in [1.807, 2.05) is 91.0 Å². The van der Waals surface area contributed by atoms with E-state index in [9.17, 15) is 4.79 Å². The highest BCUT2D eigenvalue weighted by Crippen LogP contribution is 2.38. The number of esters is 1. The maximum Gasteiger partial charge on any atom is 0.302 e. The van der Waals surface area contributed by atoms with Crippen LogP contribution in [-0.2, 0) is 48.3 Å². The molecular formula is C36H38O6S. The molecule has 1 aliphatic rings. The largest absolute Gasteiger partial charge is 0.463 e. The van der Waals surface area contributed by atoms with Gasteiger partial charge in [0.25, 0.3) is 0 Å². The highest BCUT2D eigenvalue weighted by molar-refractivity contribution is 7.99. The summed E-state index contributed by atoms with van der Waals surface area (Å²) in [6.07, 6.45) is -2.17. The molecular weight excluding hydrogens is 560 g/mol. The number of ether oxygens (including phenoxy) is 5. The molecule has 1 saturated heterocycles. The lowest BCUT2D eigenvalue weighted by Crippen LogP contribution is -2.60. The Morgan fingerprint density at radius 1 is 0.651 bits per heavy atom. The molecule has 0 radical (unpaired) electrons. The van der Waals surface area contributed by atoms with Gasteiger partial charge in [0.15, 0.2) is 0 Å². The first kappa shape index (κ1) is 31.0. The molecule has 0 bridgehead atoms. The number of carbonyl (C=O) groups is 1. The van der Waals surface area contributed by atoms with Crippen LogP contribution >= 0.6 is 11.8 Å². The van der Waals surface area contributed by atoms with Crippen LogP contribution in [0.15, 0.2) is 120 Å². The van der Waals surface area contributed by atoms with Gasteiger partial charge in [-0.3, -0.25) is 4.79 Å². The van der Waals surface area contributed by atoms with Crippen molar-refractivity contribution in [2.24, 2.45) is 0 Å². The van der Waals surface area contributed by atoms with E-state index in [0.29, 0.717) is 19.8 Å². The normalized spacial score (nSPS) is 21.8. The van der Waals surface area contributed by atoms with Crippen LogP contribution in [0.25, 0.3) is 0 Å². The molecule has 0 N–H and O–H groups in total. The zero-order chi connectivity index (χ0) is 29.9. The van der Waals surface area contributed by atoms with E-state index in [4.69, 9.17) is 23.7 Å². The molecule has 1 fully saturated rings. The van der Waals surface area contributed by atoms with Crippen molar-refractivity contribution in [3.63, 3.8) is 0 Å². The molecule has 6 nitrogen and oxygen atoms in total. The van der Waals surface area contributed by atoms with Gasteiger partial charge < -0.3 is 23.7 Å². The minimum Gasteiger partial charge on any atom is -0.463 e. The maximum atomic E-state index is 11.9. The molecule has 0 unspecified atom stereocenters. The van der Waals surface area contributed by atoms with Gasteiger partial charge in [-0.2, -0.15) is 0 Å². The fourth-order valence-electron chi connectivity index (χ4n) is 4.93. The number of aryl methyl sites for hydroxylation is 1. The van der Waals surface area contributed by atoms with Crippen molar-refractivity contribution < 1.29 is 28.5 Å². The Balaban J connectivity index is 1.48. The van der Waals surface area contributed by atoms with Crippen LogP contribution in [0.5, 0.6) is 0 Å². The van der Waals surface area contributed by atoms with Crippen LogP contribution in [0, 0.1) is 6.92 Å². The third kappa shape index (κ3) is 9.26. The first-order valence-corrected chi connectivity index (χ1v) is 15.4. The van der Waals surface area contributed by atoms with Crippen LogP contribution in [0.4, 0.5) is 0 Å². The van der Waals surface area contributed by atoms with Crippen LogP contribution in [-0.4, -0.2) is 42.4 Å². The Bertz CT molecular complexity index is 1380. The van der Waals surface area contributed by atoms with E-state index in [1.54, 1.807) is 11.8 Å². The van der Waals surface area contributed by atoms with E-state index in [2.05, 4.69) is 31.2 Å². The molecule has 5 rings (SSSR count). The predicted octanol–water partition coefficient (Wildman–Crippen LogP) is 7.13. The zero-order valence-corrected chi connectivity index (χ0v) is 25.4. The summed E-state index contributed by atoms with van der Waals surface area (Å²) < 4.78 is 32.2. The van der Waals surface area contributed by atoms with Crippen molar-refractivity contribution in [2.45, 2.75) is 68.4 Å². The Morgan fingerprint density at radius 2 is 1.12 bits per heavy atom. The van der Waals surface area contributed by atoms with Crippen molar-refractivity contribution in [2.75, 3.05) is 6.61 Å². The van der Waals surface area contributed by atoms with Gasteiger partial charge >= 0.3 is 5.97 Å². The molecule has 0 spiro atoms. The van der Waals surface area contributed by atoms with Gasteiger partial charge in [-0.25, -0.2) is 0 Å². The lowest BCUT2D eigenvalue weighted by Gasteiger charge is -2.45. The summed E-state index contributed by atoms with van der Waals surface area (Å²) in [4.78, 5) is 13.0. The van der Waals surface area contributed by atoms with Gasteiger partial charge in [0.2, 0.25) is 0 Å². The molecule has 0 aromatic heterocycles. The summed E-state index contributed by atoms with van der Waals surface area (Å²) in [5.41, 5.74) is 3.83. The second kappa shape index (κ2) is 15.8. The lowest BCUT2D eigenvalue weighted by molar-refractivity contribution is -0.253. The smallest absolute Gasteiger partial charge is 0.302 e. The SMILES string of the molecule is CC(=O)OC[C@H]1O[C@H](Sc2ccc(C)cc2)[C@@H](OCc2ccccc2)[C@@H](OCc2ccccc2)[C@@H]1OCc1ccccc1. The zero-order valence-electron chi connectivity index (χ0n) is 24.5. The first-order chi connectivity index (χ1) is 21.0. The quantitative estimate of drug-likeness (QED) is 0.152. The van der Waals surface area contributed by atoms with Crippen LogP contribution in [0.2, 0.25) is 0 Å². The van der Waals surface area contributed by atoms with Gasteiger partial charge in [0.05, 0.1) is 19.8 Å². The van der Waals surface area contributed by atoms with Crippen molar-refractivity contribution >= 4 is 17.7 Å². The molecule has 1 heterocycles. The van der Waals surface area contributed by atoms with E-state index in [1.165, 1.54) is 12.5 Å². The molecule has 1 aliphatic heterocycles. The average molecular weight is 599 g/mol. The standard InChI is InChI=1S/C36H38O6S/c1-26-18-20-31(21-19-26)43-36-35(41-24-30-16-10-5-11-17-30)34(40-23-29-14-8-4-9-15-29)33(32(42-36)25-38-27(2)37)39-22-28-12-6-3-7-13-28/h3-21,32-36H,22-25H2,1-2H3/t32-,33-,34+,35+,36-/m1/s1. The summed E-state index contributed by atoms with van der Waals surface area (Å²) in [6, 6.07) is 38.4. The fraction of sp³-hybridized carbons (Fsp3) is 0.306. The second-order valence-electron chi connectivity index (χ2n) is 10.6. The number of rotatable bonds is 13. The lowest BCUT2D eigenvalue weighted by atomic mass is 9.99. The molecule has 5 atom stereocenters. The summed E-state index contributed by atoms with van der Waals surface area (Å²) in [5, 5.41) is 0. The highest BCUT2D eigenvalue weighted by atomic mass is 32.2. The second-order valence-corrected chi connectivity index (χ2v) is 11.7. The molecule has 7 heteroatoms. The van der Waals surface area contributed by atoms with Crippen molar-refractivity contribution in [3.8, 4) is 0 Å². The summed E-state index contributed by atoms with van der Waals surface area (Å²) in [7, 11) is 0. The Kier molecular flexibility index (Phi) is 11.4. The molecule has 0 amide bonds. The van der Waals surface area contributed by atoms with Gasteiger partial charge in [-0.05, 0) is 35.7 Å². The number of thioether (sulfide) groups is 1. The molecule has 4 aromatic carbocycles. The fourth-order valence-corrected chi connectivity index (χ4v) is 6.05. The molecule has 0 saturated carbocycles. The van der Waals surface area contributed by atoms with Crippen LogP contribution in [0.3, 0.4) is 0 Å². The minimum atomic E-state index is -0.576. The van der Waals surface area contributed by atoms with E-state index < -0.39 is 29.9 Å². The minimum absolute atomic E-state index is 0.0380. The van der Waals surface area contributed by atoms with Crippen molar-refractivity contribution in [1.29, 1.82) is 0 Å².